The molecule has 0 aliphatic carbocycles. The minimum Gasteiger partial charge on any atom is -0.453 e. The number of amides is 1. The van der Waals surface area contributed by atoms with Crippen molar-refractivity contribution in [2.45, 2.75) is 71.6 Å². The van der Waals surface area contributed by atoms with E-state index in [-0.39, 0.29) is 30.5 Å². The predicted octanol–water partition coefficient (Wildman–Crippen LogP) is 3.34. The van der Waals surface area contributed by atoms with Gasteiger partial charge in [0.2, 0.25) is 0 Å². The van der Waals surface area contributed by atoms with Crippen LogP contribution in [0.5, 0.6) is 0 Å². The van der Waals surface area contributed by atoms with Gasteiger partial charge in [-0.3, -0.25) is 0 Å². The van der Waals surface area contributed by atoms with Crippen LogP contribution < -0.4 is 15.7 Å². The van der Waals surface area contributed by atoms with Crippen LogP contribution in [0.3, 0.4) is 0 Å². The highest BCUT2D eigenvalue weighted by Crippen LogP contribution is 2.36. The van der Waals surface area contributed by atoms with E-state index >= 15 is 0 Å². The first-order valence-corrected chi connectivity index (χ1v) is 10.3. The monoisotopic (exact) mass is 390 g/mol. The highest BCUT2D eigenvalue weighted by molar-refractivity contribution is 6.62. The summed E-state index contributed by atoms with van der Waals surface area (Å²) in [6.45, 7) is 14.0. The lowest BCUT2D eigenvalue weighted by Crippen LogP contribution is -2.45. The van der Waals surface area contributed by atoms with E-state index < -0.39 is 0 Å². The maximum Gasteiger partial charge on any atom is 0.494 e. The van der Waals surface area contributed by atoms with Crippen molar-refractivity contribution in [3.8, 4) is 0 Å². The van der Waals surface area contributed by atoms with E-state index in [2.05, 4.69) is 66.9 Å². The number of piperidine rings is 1. The average molecular weight is 390 g/mol. The quantitative estimate of drug-likeness (QED) is 0.803. The number of ether oxygens (including phenoxy) is 1. The molecule has 0 spiro atoms. The topological polar surface area (TPSA) is 60.0 Å². The molecule has 7 heteroatoms. The van der Waals surface area contributed by atoms with Gasteiger partial charge >= 0.3 is 13.2 Å². The Kier molecular flexibility index (Phi) is 7.40. The maximum atomic E-state index is 11.4. The number of hydrogen-bond donors (Lipinski definition) is 1. The zero-order chi connectivity index (χ0) is 20.9. The molecule has 0 aromatic heterocycles. The summed E-state index contributed by atoms with van der Waals surface area (Å²) >= 11 is 0. The van der Waals surface area contributed by atoms with E-state index in [1.807, 2.05) is 13.8 Å². The van der Waals surface area contributed by atoms with E-state index in [9.17, 15) is 4.79 Å². The first kappa shape index (κ1) is 22.6. The molecular weight excluding hydrogens is 355 g/mol. The Hall–Kier alpha value is -1.73. The maximum absolute atomic E-state index is 11.4. The molecule has 0 radical (unpaired) electrons. The molecule has 1 amide bonds. The highest BCUT2D eigenvalue weighted by atomic mass is 16.7. The van der Waals surface area contributed by atoms with E-state index in [0.29, 0.717) is 0 Å². The van der Waals surface area contributed by atoms with Gasteiger partial charge in [-0.05, 0) is 58.1 Å². The lowest BCUT2D eigenvalue weighted by molar-refractivity contribution is 0.00578. The number of carbonyl (C=O) groups is 1. The molecule has 0 bridgehead atoms. The van der Waals surface area contributed by atoms with Crippen molar-refractivity contribution >= 4 is 24.4 Å². The van der Waals surface area contributed by atoms with E-state index in [1.165, 1.54) is 7.11 Å². The summed E-state index contributed by atoms with van der Waals surface area (Å²) in [4.78, 5) is 13.7. The first-order chi connectivity index (χ1) is 13.2. The summed E-state index contributed by atoms with van der Waals surface area (Å²) in [7, 11) is 1.05. The Morgan fingerprint density at radius 2 is 1.71 bits per heavy atom. The Morgan fingerprint density at radius 1 is 1.14 bits per heavy atom. The molecule has 6 nitrogen and oxygen atoms in total. The van der Waals surface area contributed by atoms with Crippen molar-refractivity contribution in [1.82, 2.24) is 5.32 Å². The number of nitrogens with one attached hydrogen (secondary N) is 1. The Balaban J connectivity index is 0.00000136. The molecule has 1 aromatic carbocycles. The van der Waals surface area contributed by atoms with Gasteiger partial charge in [0.05, 0.1) is 18.3 Å². The number of benzene rings is 1. The number of alkyl carbamates (subject to hydrolysis) is 1. The first-order valence-electron chi connectivity index (χ1n) is 10.3. The lowest BCUT2D eigenvalue weighted by Gasteiger charge is -2.34. The number of nitrogens with zero attached hydrogens (tertiary/aromatic N) is 1. The summed E-state index contributed by atoms with van der Waals surface area (Å²) in [6.07, 6.45) is 1.44. The van der Waals surface area contributed by atoms with Crippen LogP contribution in [-0.4, -0.2) is 50.7 Å². The summed E-state index contributed by atoms with van der Waals surface area (Å²) in [6, 6.07) is 8.54. The Morgan fingerprint density at radius 3 is 2.25 bits per heavy atom. The molecule has 2 heterocycles. The molecule has 1 N–H and O–H groups in total. The van der Waals surface area contributed by atoms with Crippen LogP contribution in [0.2, 0.25) is 0 Å². The normalized spacial score (nSPS) is 21.0. The molecule has 0 unspecified atom stereocenters. The molecule has 2 aliphatic rings. The molecule has 156 valence electrons. The van der Waals surface area contributed by atoms with Gasteiger partial charge in [0.15, 0.2) is 0 Å². The molecule has 0 atom stereocenters. The fourth-order valence-corrected chi connectivity index (χ4v) is 3.35. The van der Waals surface area contributed by atoms with Crippen LogP contribution in [0.1, 0.15) is 54.4 Å². The predicted molar refractivity (Wildman–Crippen MR) is 114 cm³/mol. The fraction of sp³-hybridized carbons (Fsp3) is 0.667. The summed E-state index contributed by atoms with van der Waals surface area (Å²) in [5.74, 6) is 0. The van der Waals surface area contributed by atoms with Crippen molar-refractivity contribution < 1.29 is 18.8 Å². The van der Waals surface area contributed by atoms with E-state index in [0.717, 1.165) is 37.1 Å². The fourth-order valence-electron chi connectivity index (χ4n) is 3.35. The third-order valence-electron chi connectivity index (χ3n) is 5.76. The van der Waals surface area contributed by atoms with Crippen molar-refractivity contribution in [2.75, 3.05) is 25.1 Å². The minimum atomic E-state index is -0.355. The third-order valence-corrected chi connectivity index (χ3v) is 5.76. The van der Waals surface area contributed by atoms with Gasteiger partial charge in [0.1, 0.15) is 0 Å². The van der Waals surface area contributed by atoms with E-state index in [4.69, 9.17) is 9.31 Å². The van der Waals surface area contributed by atoms with Gasteiger partial charge in [-0.25, -0.2) is 4.79 Å². The van der Waals surface area contributed by atoms with Crippen LogP contribution >= 0.6 is 0 Å². The lowest BCUT2D eigenvalue weighted by atomic mass is 9.79. The number of anilines is 1. The summed E-state index contributed by atoms with van der Waals surface area (Å²) in [5, 5.41) is 2.89. The highest BCUT2D eigenvalue weighted by Gasteiger charge is 2.51. The second-order valence-electron chi connectivity index (χ2n) is 8.08. The van der Waals surface area contributed by atoms with Crippen molar-refractivity contribution in [3.63, 3.8) is 0 Å². The number of carbonyl (C=O) groups excluding carboxylic acids is 1. The van der Waals surface area contributed by atoms with E-state index in [1.54, 1.807) is 0 Å². The summed E-state index contributed by atoms with van der Waals surface area (Å²) < 4.78 is 17.0. The second-order valence-corrected chi connectivity index (χ2v) is 8.08. The molecule has 2 fully saturated rings. The van der Waals surface area contributed by atoms with Gasteiger partial charge in [-0.1, -0.05) is 26.0 Å². The SMILES string of the molecule is CC.COC(=O)NC1CCN(c2cccc(B3OC(C)(C)C(C)(C)O3)c2)CC1. The zero-order valence-corrected chi connectivity index (χ0v) is 18.4. The van der Waals surface area contributed by atoms with Gasteiger partial charge in [0, 0.05) is 24.8 Å². The molecule has 28 heavy (non-hydrogen) atoms. The van der Waals surface area contributed by atoms with Crippen LogP contribution in [0.25, 0.3) is 0 Å². The Bertz CT molecular complexity index is 642. The van der Waals surface area contributed by atoms with Crippen LogP contribution in [0.4, 0.5) is 10.5 Å². The van der Waals surface area contributed by atoms with Gasteiger partial charge in [0.25, 0.3) is 0 Å². The standard InChI is InChI=1S/C19H29BN2O4.C2H6/c1-18(2)19(3,4)26-20(25-18)14-7-6-8-16(13-14)22-11-9-15(10-12-22)21-17(23)24-5;1-2/h6-8,13,15H,9-12H2,1-5H3,(H,21,23);1-2H3. The third kappa shape index (κ3) is 5.00. The van der Waals surface area contributed by atoms with Gasteiger partial charge in [-0.2, -0.15) is 0 Å². The number of hydrogen-bond acceptors (Lipinski definition) is 5. The van der Waals surface area contributed by atoms with Crippen LogP contribution in [0, 0.1) is 0 Å². The second kappa shape index (κ2) is 9.18. The summed E-state index contributed by atoms with van der Waals surface area (Å²) in [5.41, 5.74) is 1.52. The molecule has 2 saturated heterocycles. The van der Waals surface area contributed by atoms with Crippen LogP contribution in [-0.2, 0) is 14.0 Å². The smallest absolute Gasteiger partial charge is 0.453 e. The molecule has 0 saturated carbocycles. The van der Waals surface area contributed by atoms with Crippen molar-refractivity contribution in [1.29, 1.82) is 0 Å². The van der Waals surface area contributed by atoms with Crippen molar-refractivity contribution in [2.24, 2.45) is 0 Å². The molecule has 3 rings (SSSR count). The largest absolute Gasteiger partial charge is 0.494 e. The Labute approximate surface area is 170 Å². The van der Waals surface area contributed by atoms with Crippen LogP contribution in [0.15, 0.2) is 24.3 Å². The molecule has 1 aromatic rings. The van der Waals surface area contributed by atoms with Gasteiger partial charge in [-0.15, -0.1) is 0 Å². The molecular formula is C21H35BN2O4. The van der Waals surface area contributed by atoms with Gasteiger partial charge < -0.3 is 24.3 Å². The average Bonchev–Trinajstić information content (AvgIpc) is 2.91. The number of rotatable bonds is 3. The molecule has 2 aliphatic heterocycles. The zero-order valence-electron chi connectivity index (χ0n) is 18.4. The van der Waals surface area contributed by atoms with Crippen molar-refractivity contribution in [3.05, 3.63) is 24.3 Å². The minimum absolute atomic E-state index is 0.171. The number of methoxy groups -OCH3 is 1.